The first-order valence-corrected chi connectivity index (χ1v) is 9.89. The number of hydrogen-bond donors (Lipinski definition) is 0. The van der Waals surface area contributed by atoms with Crippen LogP contribution in [0.25, 0.3) is 0 Å². The lowest BCUT2D eigenvalue weighted by Crippen LogP contribution is -2.40. The molecule has 0 unspecified atom stereocenters. The number of hydrogen-bond acceptors (Lipinski definition) is 4. The lowest BCUT2D eigenvalue weighted by atomic mass is 10.1. The van der Waals surface area contributed by atoms with Crippen LogP contribution in [-0.4, -0.2) is 20.9 Å². The van der Waals surface area contributed by atoms with E-state index in [0.717, 1.165) is 5.56 Å². The fraction of sp³-hybridized carbons (Fsp3) is 0.667. The third-order valence-electron chi connectivity index (χ3n) is 3.93. The Morgan fingerprint density at radius 1 is 1.35 bits per heavy atom. The summed E-state index contributed by atoms with van der Waals surface area (Å²) in [7, 11) is -1.85. The van der Waals surface area contributed by atoms with Crippen molar-refractivity contribution in [2.45, 2.75) is 59.4 Å². The first-order chi connectivity index (χ1) is 9.10. The van der Waals surface area contributed by atoms with E-state index in [1.165, 1.54) is 0 Å². The zero-order valence-corrected chi connectivity index (χ0v) is 14.6. The van der Waals surface area contributed by atoms with Gasteiger partial charge in [0.1, 0.15) is 11.3 Å². The molecule has 114 valence electrons. The molecule has 0 saturated carbocycles. The highest BCUT2D eigenvalue weighted by Crippen LogP contribution is 2.37. The summed E-state index contributed by atoms with van der Waals surface area (Å²) in [5.41, 5.74) is 1.27. The van der Waals surface area contributed by atoms with Crippen molar-refractivity contribution in [1.82, 2.24) is 0 Å². The molecule has 1 aromatic heterocycles. The standard InChI is InChI=1S/C15H26O4Si/c1-8-17-14(16)13-11(2)18-9-12(13)10-19-20(6,7)15(3,4)5/h9H,8,10H2,1-7H3. The van der Waals surface area contributed by atoms with Crippen molar-refractivity contribution in [3.8, 4) is 0 Å². The Kier molecular flexibility index (Phi) is 5.21. The number of esters is 1. The molecule has 1 aromatic rings. The lowest BCUT2D eigenvalue weighted by molar-refractivity contribution is 0.0521. The molecule has 1 rings (SSSR count). The number of aryl methyl sites for hydroxylation is 1. The second-order valence-corrected chi connectivity index (χ2v) is 11.3. The molecule has 0 fully saturated rings. The van der Waals surface area contributed by atoms with Crippen molar-refractivity contribution in [3.05, 3.63) is 23.2 Å². The average Bonchev–Trinajstić information content (AvgIpc) is 2.67. The Labute approximate surface area is 122 Å². The quantitative estimate of drug-likeness (QED) is 0.601. The second kappa shape index (κ2) is 6.14. The third kappa shape index (κ3) is 3.73. The molecule has 0 amide bonds. The summed E-state index contributed by atoms with van der Waals surface area (Å²) in [6.45, 7) is 15.2. The van der Waals surface area contributed by atoms with E-state index >= 15 is 0 Å². The van der Waals surface area contributed by atoms with Gasteiger partial charge in [0.25, 0.3) is 0 Å². The average molecular weight is 298 g/mol. The third-order valence-corrected chi connectivity index (χ3v) is 8.40. The van der Waals surface area contributed by atoms with Gasteiger partial charge in [-0.15, -0.1) is 0 Å². The van der Waals surface area contributed by atoms with Crippen LogP contribution in [0.3, 0.4) is 0 Å². The number of furan rings is 1. The molecule has 0 aliphatic heterocycles. The van der Waals surface area contributed by atoms with Gasteiger partial charge in [-0.1, -0.05) is 20.8 Å². The molecule has 0 saturated heterocycles. The highest BCUT2D eigenvalue weighted by Gasteiger charge is 2.37. The minimum atomic E-state index is -1.85. The van der Waals surface area contributed by atoms with Gasteiger partial charge in [0.15, 0.2) is 8.32 Å². The molecule has 4 nitrogen and oxygen atoms in total. The summed E-state index contributed by atoms with van der Waals surface area (Å²) in [6.07, 6.45) is 1.59. The summed E-state index contributed by atoms with van der Waals surface area (Å²) in [5, 5.41) is 0.135. The number of carbonyl (C=O) groups excluding carboxylic acids is 1. The van der Waals surface area contributed by atoms with Crippen LogP contribution in [-0.2, 0) is 15.8 Å². The van der Waals surface area contributed by atoms with E-state index in [9.17, 15) is 4.79 Å². The van der Waals surface area contributed by atoms with Gasteiger partial charge in [-0.2, -0.15) is 0 Å². The number of carbonyl (C=O) groups is 1. The van der Waals surface area contributed by atoms with Gasteiger partial charge in [-0.05, 0) is 32.0 Å². The molecule has 1 heterocycles. The van der Waals surface area contributed by atoms with Crippen molar-refractivity contribution in [3.63, 3.8) is 0 Å². The SMILES string of the molecule is CCOC(=O)c1c(CO[Si](C)(C)C(C)(C)C)coc1C. The number of ether oxygens (including phenoxy) is 1. The van der Waals surface area contributed by atoms with Crippen molar-refractivity contribution < 1.29 is 18.4 Å². The van der Waals surface area contributed by atoms with Crippen LogP contribution in [0.15, 0.2) is 10.7 Å². The normalized spacial score (nSPS) is 12.6. The predicted molar refractivity (Wildman–Crippen MR) is 81.4 cm³/mol. The Hall–Kier alpha value is -1.07. The van der Waals surface area contributed by atoms with Crippen LogP contribution in [0.1, 0.15) is 49.4 Å². The van der Waals surface area contributed by atoms with Crippen LogP contribution >= 0.6 is 0 Å². The fourth-order valence-corrected chi connectivity index (χ4v) is 2.51. The Morgan fingerprint density at radius 2 is 1.95 bits per heavy atom. The highest BCUT2D eigenvalue weighted by atomic mass is 28.4. The molecular formula is C15H26O4Si. The minimum absolute atomic E-state index is 0.135. The van der Waals surface area contributed by atoms with Crippen LogP contribution in [0.2, 0.25) is 18.1 Å². The van der Waals surface area contributed by atoms with Crippen molar-refractivity contribution in [1.29, 1.82) is 0 Å². The van der Waals surface area contributed by atoms with Crippen molar-refractivity contribution in [2.24, 2.45) is 0 Å². The fourth-order valence-electron chi connectivity index (χ4n) is 1.56. The van der Waals surface area contributed by atoms with Gasteiger partial charge in [-0.25, -0.2) is 4.79 Å². The summed E-state index contributed by atoms with van der Waals surface area (Å²) in [5.74, 6) is 0.241. The topological polar surface area (TPSA) is 48.7 Å². The molecule has 0 N–H and O–H groups in total. The van der Waals surface area contributed by atoms with E-state index < -0.39 is 8.32 Å². The van der Waals surface area contributed by atoms with E-state index in [4.69, 9.17) is 13.6 Å². The maximum Gasteiger partial charge on any atom is 0.342 e. The van der Waals surface area contributed by atoms with Gasteiger partial charge in [0, 0.05) is 5.56 Å². The number of rotatable bonds is 5. The Balaban J connectivity index is 2.87. The highest BCUT2D eigenvalue weighted by molar-refractivity contribution is 6.74. The van der Waals surface area contributed by atoms with Crippen LogP contribution in [0.5, 0.6) is 0 Å². The molecule has 0 bridgehead atoms. The zero-order chi connectivity index (χ0) is 15.6. The molecule has 0 atom stereocenters. The Bertz CT molecular complexity index is 469. The van der Waals surface area contributed by atoms with E-state index in [2.05, 4.69) is 33.9 Å². The first kappa shape index (κ1) is 17.0. The Morgan fingerprint density at radius 3 is 2.45 bits per heavy atom. The summed E-state index contributed by atoms with van der Waals surface area (Å²) in [6, 6.07) is 0. The molecule has 0 aliphatic rings. The summed E-state index contributed by atoms with van der Waals surface area (Å²) < 4.78 is 16.5. The van der Waals surface area contributed by atoms with Gasteiger partial charge < -0.3 is 13.6 Å². The minimum Gasteiger partial charge on any atom is -0.468 e. The maximum atomic E-state index is 11.9. The van der Waals surface area contributed by atoms with Gasteiger partial charge >= 0.3 is 5.97 Å². The van der Waals surface area contributed by atoms with Crippen LogP contribution in [0, 0.1) is 6.92 Å². The summed E-state index contributed by atoms with van der Waals surface area (Å²) >= 11 is 0. The smallest absolute Gasteiger partial charge is 0.342 e. The van der Waals surface area contributed by atoms with E-state index in [1.807, 2.05) is 0 Å². The zero-order valence-electron chi connectivity index (χ0n) is 13.6. The monoisotopic (exact) mass is 298 g/mol. The van der Waals surface area contributed by atoms with E-state index in [-0.39, 0.29) is 11.0 Å². The van der Waals surface area contributed by atoms with Gasteiger partial charge in [-0.3, -0.25) is 0 Å². The molecule has 0 aromatic carbocycles. The predicted octanol–water partition coefficient (Wildman–Crippen LogP) is 4.29. The summed E-state index contributed by atoms with van der Waals surface area (Å²) in [4.78, 5) is 11.9. The lowest BCUT2D eigenvalue weighted by Gasteiger charge is -2.36. The second-order valence-electron chi connectivity index (χ2n) is 6.46. The molecule has 5 heteroatoms. The first-order valence-electron chi connectivity index (χ1n) is 6.98. The van der Waals surface area contributed by atoms with Crippen molar-refractivity contribution in [2.75, 3.05) is 6.61 Å². The van der Waals surface area contributed by atoms with E-state index in [0.29, 0.717) is 24.5 Å². The van der Waals surface area contributed by atoms with Gasteiger partial charge in [0.05, 0.1) is 19.5 Å². The molecular weight excluding hydrogens is 272 g/mol. The maximum absolute atomic E-state index is 11.9. The molecule has 0 aliphatic carbocycles. The van der Waals surface area contributed by atoms with Gasteiger partial charge in [0.2, 0.25) is 0 Å². The van der Waals surface area contributed by atoms with Crippen LogP contribution in [0.4, 0.5) is 0 Å². The van der Waals surface area contributed by atoms with E-state index in [1.54, 1.807) is 20.1 Å². The van der Waals surface area contributed by atoms with Crippen molar-refractivity contribution >= 4 is 14.3 Å². The molecule has 20 heavy (non-hydrogen) atoms. The molecule has 0 spiro atoms. The molecule has 0 radical (unpaired) electrons. The van der Waals surface area contributed by atoms with Crippen LogP contribution < -0.4 is 0 Å². The largest absolute Gasteiger partial charge is 0.468 e.